The normalized spacial score (nSPS) is 29.5. The van der Waals surface area contributed by atoms with E-state index in [0.29, 0.717) is 11.8 Å². The maximum atomic E-state index is 4.99. The second kappa shape index (κ2) is 3.37. The summed E-state index contributed by atoms with van der Waals surface area (Å²) in [4.78, 5) is 4.99. The Kier molecular flexibility index (Phi) is 2.47. The summed E-state index contributed by atoms with van der Waals surface area (Å²) < 4.78 is 0. The summed E-state index contributed by atoms with van der Waals surface area (Å²) in [6.07, 6.45) is 6.07. The number of allylic oxidation sites excluding steroid dienone is 4. The topological polar surface area (TPSA) is 21.6 Å². The van der Waals surface area contributed by atoms with Crippen LogP contribution in [0, 0.1) is 11.8 Å². The molecule has 1 aliphatic carbocycles. The van der Waals surface area contributed by atoms with Crippen molar-refractivity contribution in [3.8, 4) is 0 Å². The molecule has 0 aromatic heterocycles. The minimum atomic E-state index is 0.408. The third-order valence-corrected chi connectivity index (χ3v) is 2.08. The van der Waals surface area contributed by atoms with E-state index in [2.05, 4.69) is 31.8 Å². The molecule has 0 N–H and O–H groups in total. The van der Waals surface area contributed by atoms with E-state index in [1.807, 2.05) is 12.2 Å². The monoisotopic (exact) mass is 151 g/mol. The van der Waals surface area contributed by atoms with Gasteiger partial charge in [-0.2, -0.15) is 0 Å². The lowest BCUT2D eigenvalue weighted by Gasteiger charge is -2.20. The summed E-state index contributed by atoms with van der Waals surface area (Å²) >= 11 is 0. The average Bonchev–Trinajstić information content (AvgIpc) is 1.99. The SMILES string of the molecule is C=NOC1=CC=CC(C)C1C. The predicted molar refractivity (Wildman–Crippen MR) is 46.2 cm³/mol. The summed E-state index contributed by atoms with van der Waals surface area (Å²) in [5, 5.41) is 3.39. The lowest BCUT2D eigenvalue weighted by Crippen LogP contribution is -2.12. The van der Waals surface area contributed by atoms with E-state index < -0.39 is 0 Å². The molecule has 0 fully saturated rings. The summed E-state index contributed by atoms with van der Waals surface area (Å²) in [5.74, 6) is 1.83. The molecule has 0 heterocycles. The van der Waals surface area contributed by atoms with Gasteiger partial charge in [-0.25, -0.2) is 0 Å². The minimum Gasteiger partial charge on any atom is -0.362 e. The lowest BCUT2D eigenvalue weighted by molar-refractivity contribution is 0.181. The Morgan fingerprint density at radius 2 is 2.27 bits per heavy atom. The molecule has 0 amide bonds. The van der Waals surface area contributed by atoms with Gasteiger partial charge in [0, 0.05) is 12.6 Å². The molecule has 11 heavy (non-hydrogen) atoms. The molecule has 0 saturated heterocycles. The first kappa shape index (κ1) is 8.05. The van der Waals surface area contributed by atoms with E-state index in [1.165, 1.54) is 0 Å². The van der Waals surface area contributed by atoms with Crippen molar-refractivity contribution in [1.82, 2.24) is 0 Å². The van der Waals surface area contributed by atoms with E-state index in [0.717, 1.165) is 5.76 Å². The van der Waals surface area contributed by atoms with Crippen LogP contribution in [0.3, 0.4) is 0 Å². The number of nitrogens with zero attached hydrogens (tertiary/aromatic N) is 1. The van der Waals surface area contributed by atoms with Crippen LogP contribution in [0.4, 0.5) is 0 Å². The van der Waals surface area contributed by atoms with Crippen LogP contribution in [0.5, 0.6) is 0 Å². The molecule has 0 aromatic rings. The Hall–Kier alpha value is -1.05. The molecular formula is C9H13NO. The molecular weight excluding hydrogens is 138 g/mol. The molecule has 2 unspecified atom stereocenters. The molecule has 0 saturated carbocycles. The van der Waals surface area contributed by atoms with E-state index >= 15 is 0 Å². The van der Waals surface area contributed by atoms with Crippen molar-refractivity contribution < 1.29 is 4.84 Å². The van der Waals surface area contributed by atoms with Crippen LogP contribution in [-0.4, -0.2) is 6.72 Å². The van der Waals surface area contributed by atoms with Crippen molar-refractivity contribution in [1.29, 1.82) is 0 Å². The molecule has 1 aliphatic rings. The van der Waals surface area contributed by atoms with Crippen LogP contribution in [0.1, 0.15) is 13.8 Å². The highest BCUT2D eigenvalue weighted by Gasteiger charge is 2.18. The molecule has 1 rings (SSSR count). The first-order chi connectivity index (χ1) is 5.25. The fourth-order valence-electron chi connectivity index (χ4n) is 1.09. The van der Waals surface area contributed by atoms with Gasteiger partial charge in [0.15, 0.2) is 0 Å². The largest absolute Gasteiger partial charge is 0.362 e. The second-order valence-electron chi connectivity index (χ2n) is 2.82. The zero-order chi connectivity index (χ0) is 8.27. The van der Waals surface area contributed by atoms with E-state index in [9.17, 15) is 0 Å². The van der Waals surface area contributed by atoms with Gasteiger partial charge in [-0.1, -0.05) is 31.2 Å². The molecule has 2 heteroatoms. The summed E-state index contributed by atoms with van der Waals surface area (Å²) in [5.41, 5.74) is 0. The van der Waals surface area contributed by atoms with Gasteiger partial charge in [0.05, 0.1) is 0 Å². The predicted octanol–water partition coefficient (Wildman–Crippen LogP) is 2.34. The summed E-state index contributed by atoms with van der Waals surface area (Å²) in [6.45, 7) is 7.55. The Morgan fingerprint density at radius 1 is 1.55 bits per heavy atom. The van der Waals surface area contributed by atoms with Crippen LogP contribution in [0.15, 0.2) is 29.1 Å². The summed E-state index contributed by atoms with van der Waals surface area (Å²) in [7, 11) is 0. The van der Waals surface area contributed by atoms with Crippen molar-refractivity contribution >= 4 is 6.72 Å². The first-order valence-electron chi connectivity index (χ1n) is 3.77. The standard InChI is InChI=1S/C9H13NO/c1-7-5-4-6-9(8(7)2)11-10-3/h4-8H,3H2,1-2H3. The van der Waals surface area contributed by atoms with Crippen molar-refractivity contribution in [2.75, 3.05) is 0 Å². The number of oxime groups is 1. The molecule has 0 aromatic carbocycles. The van der Waals surface area contributed by atoms with E-state index in [1.54, 1.807) is 0 Å². The molecule has 2 nitrogen and oxygen atoms in total. The lowest BCUT2D eigenvalue weighted by atomic mass is 9.90. The quantitative estimate of drug-likeness (QED) is 0.438. The Morgan fingerprint density at radius 3 is 2.91 bits per heavy atom. The van der Waals surface area contributed by atoms with Gasteiger partial charge in [-0.3, -0.25) is 0 Å². The van der Waals surface area contributed by atoms with E-state index in [-0.39, 0.29) is 0 Å². The number of hydrogen-bond acceptors (Lipinski definition) is 2. The van der Waals surface area contributed by atoms with Crippen molar-refractivity contribution in [3.63, 3.8) is 0 Å². The van der Waals surface area contributed by atoms with Crippen LogP contribution in [0.2, 0.25) is 0 Å². The maximum Gasteiger partial charge on any atom is 0.138 e. The smallest absolute Gasteiger partial charge is 0.138 e. The van der Waals surface area contributed by atoms with Crippen LogP contribution < -0.4 is 0 Å². The molecule has 0 radical (unpaired) electrons. The minimum absolute atomic E-state index is 0.408. The second-order valence-corrected chi connectivity index (χ2v) is 2.82. The summed E-state index contributed by atoms with van der Waals surface area (Å²) in [6, 6.07) is 0. The van der Waals surface area contributed by atoms with Gasteiger partial charge in [-0.15, -0.1) is 0 Å². The number of hydrogen-bond donors (Lipinski definition) is 0. The highest BCUT2D eigenvalue weighted by Crippen LogP contribution is 2.25. The van der Waals surface area contributed by atoms with Gasteiger partial charge in [-0.05, 0) is 12.0 Å². The van der Waals surface area contributed by atoms with Crippen molar-refractivity contribution in [2.24, 2.45) is 17.0 Å². The van der Waals surface area contributed by atoms with Crippen molar-refractivity contribution in [3.05, 3.63) is 24.0 Å². The highest BCUT2D eigenvalue weighted by molar-refractivity contribution is 5.23. The van der Waals surface area contributed by atoms with Crippen molar-refractivity contribution in [2.45, 2.75) is 13.8 Å². The maximum absolute atomic E-state index is 4.99. The fourth-order valence-corrected chi connectivity index (χ4v) is 1.09. The van der Waals surface area contributed by atoms with Crippen LogP contribution in [0.25, 0.3) is 0 Å². The Balaban J connectivity index is 2.69. The van der Waals surface area contributed by atoms with Crippen LogP contribution in [-0.2, 0) is 4.84 Å². The van der Waals surface area contributed by atoms with Gasteiger partial charge in [0.2, 0.25) is 0 Å². The molecule has 2 atom stereocenters. The molecule has 0 spiro atoms. The highest BCUT2D eigenvalue weighted by atomic mass is 16.6. The first-order valence-corrected chi connectivity index (χ1v) is 3.77. The molecule has 0 aliphatic heterocycles. The van der Waals surface area contributed by atoms with Gasteiger partial charge < -0.3 is 4.84 Å². The Bertz CT molecular complexity index is 206. The number of rotatable bonds is 2. The third kappa shape index (κ3) is 1.70. The zero-order valence-electron chi connectivity index (χ0n) is 6.95. The van der Waals surface area contributed by atoms with Gasteiger partial charge in [0.25, 0.3) is 0 Å². The third-order valence-electron chi connectivity index (χ3n) is 2.08. The average molecular weight is 151 g/mol. The fraction of sp³-hybridized carbons (Fsp3) is 0.444. The zero-order valence-corrected chi connectivity index (χ0v) is 6.95. The van der Waals surface area contributed by atoms with Crippen LogP contribution >= 0.6 is 0 Å². The molecule has 60 valence electrons. The van der Waals surface area contributed by atoms with E-state index in [4.69, 9.17) is 4.84 Å². The van der Waals surface area contributed by atoms with Gasteiger partial charge >= 0.3 is 0 Å². The Labute approximate surface area is 67.2 Å². The van der Waals surface area contributed by atoms with Gasteiger partial charge in [0.1, 0.15) is 5.76 Å². The molecule has 0 bridgehead atoms.